The van der Waals surface area contributed by atoms with Gasteiger partial charge in [-0.3, -0.25) is 9.78 Å². The largest absolute Gasteiger partial charge is 0.465 e. The van der Waals surface area contributed by atoms with E-state index in [-0.39, 0.29) is 12.5 Å². The maximum Gasteiger partial charge on any atom is 0.325 e. The van der Waals surface area contributed by atoms with Crippen LogP contribution in [-0.4, -0.2) is 30.6 Å². The number of carbonyl (C=O) groups excluding carboxylic acids is 1. The number of esters is 1. The second-order valence-electron chi connectivity index (χ2n) is 4.31. The quantitative estimate of drug-likeness (QED) is 0.793. The molecule has 1 heterocycles. The van der Waals surface area contributed by atoms with E-state index in [1.807, 2.05) is 36.1 Å². The molecule has 0 atom stereocenters. The highest BCUT2D eigenvalue weighted by molar-refractivity contribution is 6.31. The van der Waals surface area contributed by atoms with Crippen LogP contribution < -0.4 is 4.90 Å². The molecule has 5 heteroatoms. The van der Waals surface area contributed by atoms with Crippen LogP contribution in [0.4, 0.5) is 5.69 Å². The van der Waals surface area contributed by atoms with Crippen LogP contribution in [0.15, 0.2) is 30.5 Å². The Balaban J connectivity index is 2.36. The SMILES string of the molecule is CCOC(=O)CN(CC)c1ccnc2cc(Cl)ccc12. The van der Waals surface area contributed by atoms with Crippen molar-refractivity contribution in [2.75, 3.05) is 24.6 Å². The average molecular weight is 293 g/mol. The molecule has 1 aromatic carbocycles. The predicted molar refractivity (Wildman–Crippen MR) is 81.3 cm³/mol. The molecule has 0 spiro atoms. The van der Waals surface area contributed by atoms with Gasteiger partial charge in [0, 0.05) is 28.8 Å². The Bertz CT molecular complexity index is 616. The molecule has 0 bridgehead atoms. The van der Waals surface area contributed by atoms with Gasteiger partial charge in [-0.2, -0.15) is 0 Å². The summed E-state index contributed by atoms with van der Waals surface area (Å²) in [7, 11) is 0. The number of pyridine rings is 1. The maximum absolute atomic E-state index is 11.7. The van der Waals surface area contributed by atoms with E-state index in [1.54, 1.807) is 13.1 Å². The molecule has 20 heavy (non-hydrogen) atoms. The Morgan fingerprint density at radius 3 is 2.85 bits per heavy atom. The van der Waals surface area contributed by atoms with Gasteiger partial charge < -0.3 is 9.64 Å². The fourth-order valence-corrected chi connectivity index (χ4v) is 2.28. The molecule has 0 N–H and O–H groups in total. The van der Waals surface area contributed by atoms with Gasteiger partial charge in [-0.1, -0.05) is 11.6 Å². The number of nitrogens with zero attached hydrogens (tertiary/aromatic N) is 2. The Hall–Kier alpha value is -1.81. The zero-order valence-corrected chi connectivity index (χ0v) is 12.4. The third-order valence-electron chi connectivity index (χ3n) is 3.03. The van der Waals surface area contributed by atoms with Crippen LogP contribution >= 0.6 is 11.6 Å². The first-order valence-corrected chi connectivity index (χ1v) is 6.98. The fourth-order valence-electron chi connectivity index (χ4n) is 2.11. The van der Waals surface area contributed by atoms with E-state index in [0.29, 0.717) is 18.2 Å². The summed E-state index contributed by atoms with van der Waals surface area (Å²) >= 11 is 5.98. The van der Waals surface area contributed by atoms with Crippen molar-refractivity contribution in [3.05, 3.63) is 35.5 Å². The smallest absolute Gasteiger partial charge is 0.325 e. The molecule has 4 nitrogen and oxygen atoms in total. The molecule has 0 aliphatic heterocycles. The molecule has 0 saturated carbocycles. The number of aromatic nitrogens is 1. The summed E-state index contributed by atoms with van der Waals surface area (Å²) in [5.74, 6) is -0.228. The van der Waals surface area contributed by atoms with Crippen molar-refractivity contribution in [2.24, 2.45) is 0 Å². The zero-order chi connectivity index (χ0) is 14.5. The van der Waals surface area contributed by atoms with Gasteiger partial charge in [0.05, 0.1) is 12.1 Å². The third kappa shape index (κ3) is 3.20. The number of ether oxygens (including phenoxy) is 1. The summed E-state index contributed by atoms with van der Waals surface area (Å²) in [6, 6.07) is 7.47. The lowest BCUT2D eigenvalue weighted by Gasteiger charge is -2.23. The Labute approximate surface area is 123 Å². The highest BCUT2D eigenvalue weighted by atomic mass is 35.5. The monoisotopic (exact) mass is 292 g/mol. The Morgan fingerprint density at radius 2 is 2.15 bits per heavy atom. The van der Waals surface area contributed by atoms with Crippen molar-refractivity contribution in [2.45, 2.75) is 13.8 Å². The van der Waals surface area contributed by atoms with Crippen molar-refractivity contribution in [1.29, 1.82) is 0 Å². The molecule has 0 amide bonds. The van der Waals surface area contributed by atoms with Crippen LogP contribution in [-0.2, 0) is 9.53 Å². The van der Waals surface area contributed by atoms with Crippen molar-refractivity contribution >= 4 is 34.2 Å². The molecule has 0 saturated heterocycles. The molecule has 2 aromatic rings. The minimum Gasteiger partial charge on any atom is -0.465 e. The normalized spacial score (nSPS) is 10.6. The van der Waals surface area contributed by atoms with Crippen LogP contribution in [0, 0.1) is 0 Å². The van der Waals surface area contributed by atoms with E-state index < -0.39 is 0 Å². The van der Waals surface area contributed by atoms with Crippen LogP contribution in [0.25, 0.3) is 10.9 Å². The topological polar surface area (TPSA) is 42.4 Å². The minimum atomic E-state index is -0.228. The van der Waals surface area contributed by atoms with Crippen LogP contribution in [0.5, 0.6) is 0 Å². The van der Waals surface area contributed by atoms with E-state index in [2.05, 4.69) is 4.98 Å². The van der Waals surface area contributed by atoms with Gasteiger partial charge in [0.15, 0.2) is 0 Å². The number of benzene rings is 1. The van der Waals surface area contributed by atoms with Crippen LogP contribution in [0.1, 0.15) is 13.8 Å². The number of carbonyl (C=O) groups is 1. The van der Waals surface area contributed by atoms with Gasteiger partial charge >= 0.3 is 5.97 Å². The lowest BCUT2D eigenvalue weighted by atomic mass is 10.1. The Kier molecular flexibility index (Phi) is 4.79. The van der Waals surface area contributed by atoms with Crippen LogP contribution in [0.3, 0.4) is 0 Å². The van der Waals surface area contributed by atoms with Crippen molar-refractivity contribution in [1.82, 2.24) is 4.98 Å². The zero-order valence-electron chi connectivity index (χ0n) is 11.6. The van der Waals surface area contributed by atoms with Gasteiger partial charge in [0.1, 0.15) is 6.54 Å². The lowest BCUT2D eigenvalue weighted by molar-refractivity contribution is -0.141. The van der Waals surface area contributed by atoms with E-state index in [1.165, 1.54) is 0 Å². The fraction of sp³-hybridized carbons (Fsp3) is 0.333. The molecule has 0 radical (unpaired) electrons. The van der Waals surface area contributed by atoms with Gasteiger partial charge in [-0.15, -0.1) is 0 Å². The first-order valence-electron chi connectivity index (χ1n) is 6.60. The number of rotatable bonds is 5. The molecule has 0 fully saturated rings. The predicted octanol–water partition coefficient (Wildman–Crippen LogP) is 3.28. The summed E-state index contributed by atoms with van der Waals surface area (Å²) in [5.41, 5.74) is 1.78. The maximum atomic E-state index is 11.7. The van der Waals surface area contributed by atoms with E-state index >= 15 is 0 Å². The van der Waals surface area contributed by atoms with E-state index in [0.717, 1.165) is 16.6 Å². The van der Waals surface area contributed by atoms with E-state index in [9.17, 15) is 4.79 Å². The van der Waals surface area contributed by atoms with Crippen LogP contribution in [0.2, 0.25) is 5.02 Å². The molecular formula is C15H17ClN2O2. The van der Waals surface area contributed by atoms with Gasteiger partial charge in [-0.05, 0) is 38.1 Å². The number of hydrogen-bond donors (Lipinski definition) is 0. The highest BCUT2D eigenvalue weighted by Crippen LogP contribution is 2.27. The van der Waals surface area contributed by atoms with E-state index in [4.69, 9.17) is 16.3 Å². The second kappa shape index (κ2) is 6.57. The molecule has 106 valence electrons. The molecular weight excluding hydrogens is 276 g/mol. The first kappa shape index (κ1) is 14.6. The molecule has 0 unspecified atom stereocenters. The summed E-state index contributed by atoms with van der Waals surface area (Å²) in [4.78, 5) is 18.0. The van der Waals surface area contributed by atoms with Crippen molar-refractivity contribution in [3.8, 4) is 0 Å². The standard InChI is InChI=1S/C15H17ClN2O2/c1-3-18(10-15(19)20-4-2)14-7-8-17-13-9-11(16)5-6-12(13)14/h5-9H,3-4,10H2,1-2H3. The summed E-state index contributed by atoms with van der Waals surface area (Å²) in [5, 5.41) is 1.62. The summed E-state index contributed by atoms with van der Waals surface area (Å²) in [6.45, 7) is 5.13. The molecule has 0 aliphatic rings. The van der Waals surface area contributed by atoms with Crippen molar-refractivity contribution in [3.63, 3.8) is 0 Å². The average Bonchev–Trinajstić information content (AvgIpc) is 2.44. The summed E-state index contributed by atoms with van der Waals surface area (Å²) in [6.07, 6.45) is 1.72. The first-order chi connectivity index (χ1) is 9.65. The number of halogens is 1. The summed E-state index contributed by atoms with van der Waals surface area (Å²) < 4.78 is 5.01. The van der Waals surface area contributed by atoms with Gasteiger partial charge in [-0.25, -0.2) is 0 Å². The third-order valence-corrected chi connectivity index (χ3v) is 3.26. The molecule has 2 rings (SSSR count). The van der Waals surface area contributed by atoms with Crippen molar-refractivity contribution < 1.29 is 9.53 Å². The number of anilines is 1. The van der Waals surface area contributed by atoms with Gasteiger partial charge in [0.25, 0.3) is 0 Å². The molecule has 0 aliphatic carbocycles. The second-order valence-corrected chi connectivity index (χ2v) is 4.75. The number of fused-ring (bicyclic) bond motifs is 1. The highest BCUT2D eigenvalue weighted by Gasteiger charge is 2.13. The van der Waals surface area contributed by atoms with Gasteiger partial charge in [0.2, 0.25) is 0 Å². The molecule has 1 aromatic heterocycles. The lowest BCUT2D eigenvalue weighted by Crippen LogP contribution is -2.31. The Morgan fingerprint density at radius 1 is 1.35 bits per heavy atom. The minimum absolute atomic E-state index is 0.228. The number of likely N-dealkylation sites (N-methyl/N-ethyl adjacent to an activating group) is 1. The number of hydrogen-bond acceptors (Lipinski definition) is 4.